The van der Waals surface area contributed by atoms with E-state index in [1.165, 1.54) is 11.6 Å². The molecule has 0 radical (unpaired) electrons. The summed E-state index contributed by atoms with van der Waals surface area (Å²) < 4.78 is 42.6. The summed E-state index contributed by atoms with van der Waals surface area (Å²) in [7, 11) is 7.91. The first-order valence-electron chi connectivity index (χ1n) is 17.3. The standard InChI is InChI=1S/C41H43N3O8S/c1-26(45)44-32(25-31(43-44)29-23-37(48-4)40(50-6)38(24-29)49-5)27-15-17-33(46-2)35(21-27)51-19-11-7-8-12-20-52-36-22-28(16-18-34(36)47-3)41-42-30-13-9-10-14-39(30)53-41/h9-10,13-18,21-25H,7-8,11-12,19-20H2,1-6H3. The highest BCUT2D eigenvalue weighted by atomic mass is 32.1. The van der Waals surface area contributed by atoms with Crippen LogP contribution < -0.4 is 33.2 Å². The molecular formula is C41H43N3O8S. The van der Waals surface area contributed by atoms with Gasteiger partial charge in [0.2, 0.25) is 11.7 Å². The molecule has 2 heterocycles. The number of thiazole rings is 1. The highest BCUT2D eigenvalue weighted by Crippen LogP contribution is 2.42. The summed E-state index contributed by atoms with van der Waals surface area (Å²) in [4.78, 5) is 17.5. The first kappa shape index (κ1) is 37.0. The molecule has 0 N–H and O–H groups in total. The second-order valence-corrected chi connectivity index (χ2v) is 13.1. The van der Waals surface area contributed by atoms with Crippen LogP contribution in [0.25, 0.3) is 43.3 Å². The Balaban J connectivity index is 1.06. The molecule has 0 aliphatic heterocycles. The van der Waals surface area contributed by atoms with Gasteiger partial charge in [-0.25, -0.2) is 4.98 Å². The highest BCUT2D eigenvalue weighted by Gasteiger charge is 2.20. The van der Waals surface area contributed by atoms with Gasteiger partial charge in [0.05, 0.1) is 70.4 Å². The maximum Gasteiger partial charge on any atom is 0.244 e. The summed E-state index contributed by atoms with van der Waals surface area (Å²) in [6, 6.07) is 25.1. The van der Waals surface area contributed by atoms with E-state index >= 15 is 0 Å². The Morgan fingerprint density at radius 2 is 1.19 bits per heavy atom. The molecule has 0 aliphatic rings. The van der Waals surface area contributed by atoms with Gasteiger partial charge in [0, 0.05) is 23.6 Å². The number of hydrogen-bond donors (Lipinski definition) is 0. The minimum absolute atomic E-state index is 0.236. The third-order valence-corrected chi connectivity index (χ3v) is 9.77. The van der Waals surface area contributed by atoms with Crippen LogP contribution in [0, 0.1) is 0 Å². The highest BCUT2D eigenvalue weighted by molar-refractivity contribution is 7.21. The molecule has 11 nitrogen and oxygen atoms in total. The summed E-state index contributed by atoms with van der Waals surface area (Å²) in [5, 5.41) is 5.57. The molecule has 0 amide bonds. The summed E-state index contributed by atoms with van der Waals surface area (Å²) in [5.41, 5.74) is 4.62. The van der Waals surface area contributed by atoms with E-state index in [9.17, 15) is 4.79 Å². The Bertz CT molecular complexity index is 2140. The lowest BCUT2D eigenvalue weighted by molar-refractivity contribution is 0.0923. The average Bonchev–Trinajstić information content (AvgIpc) is 3.84. The Hall–Kier alpha value is -5.75. The molecule has 0 saturated heterocycles. The molecule has 0 aliphatic carbocycles. The molecule has 12 heteroatoms. The zero-order chi connectivity index (χ0) is 37.3. The van der Waals surface area contributed by atoms with Crippen molar-refractivity contribution in [2.75, 3.05) is 48.8 Å². The fraction of sp³-hybridized carbons (Fsp3) is 0.293. The second kappa shape index (κ2) is 17.2. The van der Waals surface area contributed by atoms with Crippen LogP contribution in [-0.4, -0.2) is 69.4 Å². The summed E-state index contributed by atoms with van der Waals surface area (Å²) in [6.07, 6.45) is 3.67. The molecule has 6 aromatic rings. The van der Waals surface area contributed by atoms with Crippen molar-refractivity contribution in [3.8, 4) is 73.3 Å². The van der Waals surface area contributed by atoms with Gasteiger partial charge < -0.3 is 33.2 Å². The number of carbonyl (C=O) groups is 1. The lowest BCUT2D eigenvalue weighted by Gasteiger charge is -2.13. The summed E-state index contributed by atoms with van der Waals surface area (Å²) in [5.74, 6) is 3.80. The van der Waals surface area contributed by atoms with Crippen LogP contribution in [0.4, 0.5) is 0 Å². The van der Waals surface area contributed by atoms with Gasteiger partial charge >= 0.3 is 0 Å². The third-order valence-electron chi connectivity index (χ3n) is 8.69. The predicted octanol–water partition coefficient (Wildman–Crippen LogP) is 9.22. The number of nitrogens with zero attached hydrogens (tertiary/aromatic N) is 3. The third kappa shape index (κ3) is 8.33. The molecule has 0 unspecified atom stereocenters. The Labute approximate surface area is 313 Å². The van der Waals surface area contributed by atoms with E-state index in [2.05, 4.69) is 11.2 Å². The van der Waals surface area contributed by atoms with Gasteiger partial charge in [-0.1, -0.05) is 12.1 Å². The number of rotatable bonds is 17. The van der Waals surface area contributed by atoms with Crippen LogP contribution >= 0.6 is 11.3 Å². The monoisotopic (exact) mass is 737 g/mol. The Morgan fingerprint density at radius 3 is 1.75 bits per heavy atom. The van der Waals surface area contributed by atoms with Gasteiger partial charge in [-0.15, -0.1) is 11.3 Å². The fourth-order valence-corrected chi connectivity index (χ4v) is 6.95. The molecule has 53 heavy (non-hydrogen) atoms. The minimum atomic E-state index is -0.236. The number of fused-ring (bicyclic) bond motifs is 1. The molecule has 0 atom stereocenters. The van der Waals surface area contributed by atoms with Gasteiger partial charge in [0.15, 0.2) is 34.5 Å². The van der Waals surface area contributed by atoms with E-state index in [1.807, 2.05) is 60.7 Å². The van der Waals surface area contributed by atoms with E-state index in [1.54, 1.807) is 59.0 Å². The van der Waals surface area contributed by atoms with Crippen LogP contribution in [0.15, 0.2) is 78.9 Å². The zero-order valence-electron chi connectivity index (χ0n) is 30.8. The topological polar surface area (TPSA) is 112 Å². The van der Waals surface area contributed by atoms with Gasteiger partial charge in [-0.2, -0.15) is 9.78 Å². The molecule has 0 bridgehead atoms. The SMILES string of the molecule is COc1ccc(-c2nc3ccccc3s2)cc1OCCCCCCOc1cc(-c2cc(-c3cc(OC)c(OC)c(OC)c3)nn2C(C)=O)ccc1OC. The number of para-hydroxylation sites is 1. The number of carbonyl (C=O) groups excluding carboxylic acids is 1. The van der Waals surface area contributed by atoms with Crippen molar-refractivity contribution in [3.05, 3.63) is 78.9 Å². The lowest BCUT2D eigenvalue weighted by atomic mass is 10.1. The molecule has 0 fully saturated rings. The van der Waals surface area contributed by atoms with Crippen molar-refractivity contribution >= 4 is 27.5 Å². The first-order valence-corrected chi connectivity index (χ1v) is 18.1. The molecule has 6 rings (SSSR count). The van der Waals surface area contributed by atoms with Crippen molar-refractivity contribution in [3.63, 3.8) is 0 Å². The summed E-state index contributed by atoms with van der Waals surface area (Å²) >= 11 is 1.66. The van der Waals surface area contributed by atoms with Gasteiger partial charge in [0.1, 0.15) is 5.01 Å². The van der Waals surface area contributed by atoms with Crippen molar-refractivity contribution in [1.82, 2.24) is 14.8 Å². The second-order valence-electron chi connectivity index (χ2n) is 12.1. The van der Waals surface area contributed by atoms with E-state index < -0.39 is 0 Å². The maximum absolute atomic E-state index is 12.7. The van der Waals surface area contributed by atoms with E-state index in [4.69, 9.17) is 38.1 Å². The number of methoxy groups -OCH3 is 5. The van der Waals surface area contributed by atoms with Crippen LogP contribution in [-0.2, 0) is 0 Å². The van der Waals surface area contributed by atoms with E-state index in [0.29, 0.717) is 70.4 Å². The summed E-state index contributed by atoms with van der Waals surface area (Å²) in [6.45, 7) is 2.54. The van der Waals surface area contributed by atoms with Crippen LogP contribution in [0.1, 0.15) is 37.4 Å². The lowest BCUT2D eigenvalue weighted by Crippen LogP contribution is -2.09. The van der Waals surface area contributed by atoms with Crippen LogP contribution in [0.5, 0.6) is 40.2 Å². The van der Waals surface area contributed by atoms with E-state index in [-0.39, 0.29) is 5.91 Å². The van der Waals surface area contributed by atoms with Gasteiger partial charge in [0.25, 0.3) is 0 Å². The van der Waals surface area contributed by atoms with Crippen molar-refractivity contribution in [2.24, 2.45) is 0 Å². The van der Waals surface area contributed by atoms with E-state index in [0.717, 1.165) is 52.0 Å². The molecule has 276 valence electrons. The zero-order valence-corrected chi connectivity index (χ0v) is 31.6. The number of aromatic nitrogens is 3. The maximum atomic E-state index is 12.7. The number of ether oxygens (including phenoxy) is 7. The fourth-order valence-electron chi connectivity index (χ4n) is 5.99. The van der Waals surface area contributed by atoms with Crippen molar-refractivity contribution < 1.29 is 38.0 Å². The van der Waals surface area contributed by atoms with Crippen LogP contribution in [0.3, 0.4) is 0 Å². The smallest absolute Gasteiger partial charge is 0.244 e. The normalized spacial score (nSPS) is 11.0. The number of unbranched alkanes of at least 4 members (excludes halogenated alkanes) is 3. The number of hydrogen-bond acceptors (Lipinski definition) is 11. The molecule has 0 saturated carbocycles. The number of benzene rings is 4. The predicted molar refractivity (Wildman–Crippen MR) is 207 cm³/mol. The van der Waals surface area contributed by atoms with Gasteiger partial charge in [-0.3, -0.25) is 4.79 Å². The minimum Gasteiger partial charge on any atom is -0.493 e. The first-order chi connectivity index (χ1) is 25.9. The molecule has 0 spiro atoms. The van der Waals surface area contributed by atoms with Gasteiger partial charge in [-0.05, 0) is 92.4 Å². The molecule has 2 aromatic heterocycles. The Morgan fingerprint density at radius 1 is 0.623 bits per heavy atom. The van der Waals surface area contributed by atoms with Crippen LogP contribution in [0.2, 0.25) is 0 Å². The molecular weight excluding hydrogens is 695 g/mol. The van der Waals surface area contributed by atoms with Crippen molar-refractivity contribution in [2.45, 2.75) is 32.6 Å². The average molecular weight is 738 g/mol. The quantitative estimate of drug-likeness (QED) is 0.0840. The van der Waals surface area contributed by atoms with Crippen molar-refractivity contribution in [1.29, 1.82) is 0 Å². The Kier molecular flexibility index (Phi) is 12.0. The molecule has 4 aromatic carbocycles. The largest absolute Gasteiger partial charge is 0.493 e.